The van der Waals surface area contributed by atoms with E-state index in [1.807, 2.05) is 6.07 Å². The van der Waals surface area contributed by atoms with Crippen LogP contribution in [0.3, 0.4) is 0 Å². The number of rotatable bonds is 5. The number of hydrogen-bond acceptors (Lipinski definition) is 10. The maximum Gasteiger partial charge on any atom is 0.268 e. The highest BCUT2D eigenvalue weighted by Crippen LogP contribution is 2.43. The van der Waals surface area contributed by atoms with E-state index in [0.29, 0.717) is 35.9 Å². The van der Waals surface area contributed by atoms with E-state index >= 15 is 0 Å². The maximum atomic E-state index is 12.7. The van der Waals surface area contributed by atoms with Crippen molar-refractivity contribution in [2.75, 3.05) is 54.1 Å². The fraction of sp³-hybridized carbons (Fsp3) is 0.417. The molecule has 3 aromatic rings. The molecule has 3 aliphatic heterocycles. The average molecular weight is 510 g/mol. The Bertz CT molecular complexity index is 1370. The van der Waals surface area contributed by atoms with Gasteiger partial charge in [0.05, 0.1) is 29.2 Å². The lowest BCUT2D eigenvalue weighted by Crippen LogP contribution is -2.36. The summed E-state index contributed by atoms with van der Waals surface area (Å²) in [4.78, 5) is 43.8. The van der Waals surface area contributed by atoms with Crippen molar-refractivity contribution >= 4 is 44.2 Å². The number of thiazole rings is 1. The zero-order valence-electron chi connectivity index (χ0n) is 19.7. The van der Waals surface area contributed by atoms with Crippen LogP contribution in [0.4, 0.5) is 16.6 Å². The Balaban J connectivity index is 1.51. The third-order valence-corrected chi connectivity index (χ3v) is 7.75. The van der Waals surface area contributed by atoms with Crippen LogP contribution in [0, 0.1) is 0 Å². The first kappa shape index (κ1) is 22.8. The normalized spacial score (nSPS) is 20.5. The number of carbonyl (C=O) groups is 1. The summed E-state index contributed by atoms with van der Waals surface area (Å²) in [5, 5.41) is 0.891. The minimum absolute atomic E-state index is 0.167. The number of nitrogens with zero attached hydrogens (tertiary/aromatic N) is 5. The Hall–Kier alpha value is -3.64. The Morgan fingerprint density at radius 3 is 2.67 bits per heavy atom. The van der Waals surface area contributed by atoms with Gasteiger partial charge >= 0.3 is 0 Å². The molecule has 3 aliphatic rings. The van der Waals surface area contributed by atoms with Crippen LogP contribution < -0.4 is 26.0 Å². The van der Waals surface area contributed by atoms with Gasteiger partial charge < -0.3 is 30.0 Å². The number of anilines is 3. The summed E-state index contributed by atoms with van der Waals surface area (Å²) in [7, 11) is 0. The van der Waals surface area contributed by atoms with Gasteiger partial charge in [-0.1, -0.05) is 11.3 Å². The molecule has 11 nitrogen and oxygen atoms in total. The van der Waals surface area contributed by atoms with Crippen molar-refractivity contribution in [2.24, 2.45) is 5.73 Å². The summed E-state index contributed by atoms with van der Waals surface area (Å²) < 4.78 is 12.2. The predicted molar refractivity (Wildman–Crippen MR) is 137 cm³/mol. The van der Waals surface area contributed by atoms with E-state index in [-0.39, 0.29) is 11.3 Å². The predicted octanol–water partition coefficient (Wildman–Crippen LogP) is 2.07. The van der Waals surface area contributed by atoms with Crippen LogP contribution >= 0.6 is 11.3 Å². The monoisotopic (exact) mass is 509 g/mol. The summed E-state index contributed by atoms with van der Waals surface area (Å²) >= 11 is 1.55. The fourth-order valence-corrected chi connectivity index (χ4v) is 5.88. The molecule has 2 fully saturated rings. The Morgan fingerprint density at radius 2 is 1.92 bits per heavy atom. The van der Waals surface area contributed by atoms with Crippen molar-refractivity contribution in [3.8, 4) is 0 Å². The third-order valence-electron chi connectivity index (χ3n) is 6.70. The Morgan fingerprint density at radius 1 is 1.11 bits per heavy atom. The van der Waals surface area contributed by atoms with Gasteiger partial charge in [-0.3, -0.25) is 14.5 Å². The van der Waals surface area contributed by atoms with Gasteiger partial charge in [-0.05, 0) is 37.5 Å². The molecule has 0 bridgehead atoms. The third kappa shape index (κ3) is 4.05. The lowest BCUT2D eigenvalue weighted by Gasteiger charge is -2.33. The molecule has 2 saturated heterocycles. The number of morpholine rings is 1. The molecule has 3 N–H and O–H groups in total. The highest BCUT2D eigenvalue weighted by molar-refractivity contribution is 7.22. The molecule has 1 amide bonds. The smallest absolute Gasteiger partial charge is 0.268 e. The van der Waals surface area contributed by atoms with Crippen molar-refractivity contribution in [2.45, 2.75) is 25.5 Å². The molecule has 0 saturated carbocycles. The van der Waals surface area contributed by atoms with E-state index in [4.69, 9.17) is 25.2 Å². The molecule has 0 spiro atoms. The van der Waals surface area contributed by atoms with Crippen molar-refractivity contribution in [3.05, 3.63) is 52.3 Å². The molecule has 6 heterocycles. The van der Waals surface area contributed by atoms with Crippen LogP contribution in [0.2, 0.25) is 0 Å². The summed E-state index contributed by atoms with van der Waals surface area (Å²) in [5.41, 5.74) is 7.33. The van der Waals surface area contributed by atoms with Crippen LogP contribution in [0.25, 0.3) is 10.3 Å². The summed E-state index contributed by atoms with van der Waals surface area (Å²) in [6, 6.07) is 5.40. The molecule has 1 atom stereocenters. The second-order valence-corrected chi connectivity index (χ2v) is 9.99. The minimum Gasteiger partial charge on any atom is -0.471 e. The largest absolute Gasteiger partial charge is 0.471 e. The van der Waals surface area contributed by atoms with E-state index in [2.05, 4.69) is 14.8 Å². The number of carbonyl (C=O) groups excluding carboxylic acids is 1. The van der Waals surface area contributed by atoms with Crippen molar-refractivity contribution in [1.29, 1.82) is 0 Å². The summed E-state index contributed by atoms with van der Waals surface area (Å²) in [5.74, 6) is 0.0592. The van der Waals surface area contributed by atoms with Gasteiger partial charge in [0, 0.05) is 32.4 Å². The topological polar surface area (TPSA) is 130 Å². The average Bonchev–Trinajstić information content (AvgIpc) is 3.54. The van der Waals surface area contributed by atoms with Crippen LogP contribution in [0.5, 0.6) is 0 Å². The highest BCUT2D eigenvalue weighted by atomic mass is 32.1. The molecule has 6 rings (SSSR count). The maximum absolute atomic E-state index is 12.7. The van der Waals surface area contributed by atoms with Gasteiger partial charge in [0.15, 0.2) is 16.6 Å². The van der Waals surface area contributed by atoms with E-state index < -0.39 is 12.1 Å². The van der Waals surface area contributed by atoms with Crippen LogP contribution in [-0.4, -0.2) is 60.3 Å². The first-order chi connectivity index (χ1) is 17.6. The molecule has 0 aliphatic carbocycles. The van der Waals surface area contributed by atoms with E-state index in [9.17, 15) is 9.59 Å². The highest BCUT2D eigenvalue weighted by Gasteiger charge is 2.38. The van der Waals surface area contributed by atoms with Gasteiger partial charge in [0.25, 0.3) is 11.5 Å². The van der Waals surface area contributed by atoms with Crippen molar-refractivity contribution in [1.82, 2.24) is 15.0 Å². The standard InChI is InChI=1S/C24H27N7O4S/c25-19(32)17-14-35-23(15-5-4-6-26-22(15)33)31(17)16-13-18-20(27-21(16)29-7-2-1-3-8-29)28-24(36-18)30-9-11-34-12-10-30/h4-6,13-14,23H,1-3,7-12H2,(H2,25,32)(H,26,33). The lowest BCUT2D eigenvalue weighted by molar-refractivity contribution is -0.114. The number of amides is 1. The summed E-state index contributed by atoms with van der Waals surface area (Å²) in [6.07, 6.45) is 5.29. The van der Waals surface area contributed by atoms with Gasteiger partial charge in [0.2, 0.25) is 6.23 Å². The second kappa shape index (κ2) is 9.43. The number of piperidine rings is 1. The molecule has 0 radical (unpaired) electrons. The molecular formula is C24H27N7O4S. The van der Waals surface area contributed by atoms with Crippen molar-refractivity contribution < 1.29 is 14.3 Å². The van der Waals surface area contributed by atoms with Crippen molar-refractivity contribution in [3.63, 3.8) is 0 Å². The second-order valence-electron chi connectivity index (χ2n) is 8.98. The van der Waals surface area contributed by atoms with Gasteiger partial charge in [-0.2, -0.15) is 4.98 Å². The lowest BCUT2D eigenvalue weighted by atomic mass is 10.1. The van der Waals surface area contributed by atoms with Gasteiger partial charge in [0.1, 0.15) is 12.0 Å². The van der Waals surface area contributed by atoms with Crippen LogP contribution in [0.15, 0.2) is 41.1 Å². The van der Waals surface area contributed by atoms with E-state index in [1.54, 1.807) is 34.6 Å². The number of H-pyrrole nitrogens is 1. The Kier molecular flexibility index (Phi) is 5.97. The van der Waals surface area contributed by atoms with Gasteiger partial charge in [-0.15, -0.1) is 0 Å². The molecule has 0 aromatic carbocycles. The van der Waals surface area contributed by atoms with Gasteiger partial charge in [-0.25, -0.2) is 4.98 Å². The first-order valence-corrected chi connectivity index (χ1v) is 12.9. The number of pyridine rings is 2. The van der Waals surface area contributed by atoms with E-state index in [1.165, 1.54) is 6.26 Å². The molecule has 3 aromatic heterocycles. The number of fused-ring (bicyclic) bond motifs is 1. The SMILES string of the molecule is NC(=O)C1=COC(c2ccc[nH]c2=O)N1c1cc2sc(N3CCOCC3)nc2nc1N1CCCCC1. The Labute approximate surface area is 211 Å². The molecule has 12 heteroatoms. The molecule has 36 heavy (non-hydrogen) atoms. The minimum atomic E-state index is -0.855. The molecule has 1 unspecified atom stereocenters. The quantitative estimate of drug-likeness (QED) is 0.531. The number of aromatic amines is 1. The fourth-order valence-electron chi connectivity index (χ4n) is 4.89. The zero-order chi connectivity index (χ0) is 24.6. The zero-order valence-corrected chi connectivity index (χ0v) is 20.5. The number of ether oxygens (including phenoxy) is 2. The first-order valence-electron chi connectivity index (χ1n) is 12.1. The molecular weight excluding hydrogens is 482 g/mol. The number of nitrogens with two attached hydrogens (primary N) is 1. The molecule has 188 valence electrons. The number of hydrogen-bond donors (Lipinski definition) is 2. The summed E-state index contributed by atoms with van der Waals surface area (Å²) in [6.45, 7) is 4.56. The van der Waals surface area contributed by atoms with Crippen LogP contribution in [-0.2, 0) is 14.3 Å². The van der Waals surface area contributed by atoms with Crippen LogP contribution in [0.1, 0.15) is 31.1 Å². The van der Waals surface area contributed by atoms with E-state index in [0.717, 1.165) is 55.3 Å². The number of primary amides is 1. The number of nitrogens with one attached hydrogen (secondary N) is 1. The number of aromatic nitrogens is 3.